The zero-order chi connectivity index (χ0) is 37.6. The summed E-state index contributed by atoms with van der Waals surface area (Å²) in [5, 5.41) is 7.18. The van der Waals surface area contributed by atoms with E-state index in [0.717, 1.165) is 33.5 Å². The van der Waals surface area contributed by atoms with E-state index < -0.39 is 10.8 Å². The van der Waals surface area contributed by atoms with Crippen molar-refractivity contribution in [2.24, 2.45) is 10.8 Å². The second kappa shape index (κ2) is 17.2. The molecule has 0 saturated carbocycles. The second-order valence-corrected chi connectivity index (χ2v) is 15.2. The fraction of sp³-hybridized carbons (Fsp3) is 0.184. The smallest absolute Gasteiger partial charge is 0.145 e. The Balaban J connectivity index is 0.000000159. The minimum atomic E-state index is -0.402. The number of carbonyl (C=O) groups excluding carboxylic acids is 2. The largest absolute Gasteiger partial charge is 0.299 e. The van der Waals surface area contributed by atoms with E-state index in [2.05, 4.69) is 109 Å². The molecule has 6 aromatic carbocycles. The van der Waals surface area contributed by atoms with Crippen molar-refractivity contribution in [2.45, 2.75) is 48.0 Å². The standard InChI is InChI=1S/2C19H12N.C11H20O2.Ir/c2*1-2-7-15(8-3-1)18-13-12-16-11-10-14-6-4-5-9-17(14)19(16)20-18;1-10(2,3)8(12)7-9(13)11(4,5)6;/h2*1-7,9-13H;7H2,1-6H3;/q2*-1;;. The molecule has 273 valence electrons. The van der Waals surface area contributed by atoms with Gasteiger partial charge in [0.2, 0.25) is 0 Å². The van der Waals surface area contributed by atoms with Crippen molar-refractivity contribution in [1.82, 2.24) is 9.97 Å². The van der Waals surface area contributed by atoms with Crippen LogP contribution in [-0.2, 0) is 29.7 Å². The summed E-state index contributed by atoms with van der Waals surface area (Å²) in [6.07, 6.45) is 0.0625. The van der Waals surface area contributed by atoms with Gasteiger partial charge < -0.3 is 0 Å². The molecule has 2 heterocycles. The van der Waals surface area contributed by atoms with Crippen molar-refractivity contribution in [2.75, 3.05) is 0 Å². The maximum Gasteiger partial charge on any atom is 0.145 e. The Morgan fingerprint density at radius 3 is 1.19 bits per heavy atom. The molecular formula is C49H44IrN2O2-2. The maximum atomic E-state index is 11.5. The van der Waals surface area contributed by atoms with Gasteiger partial charge in [-0.15, -0.1) is 71.8 Å². The molecule has 1 radical (unpaired) electrons. The molecule has 0 unspecified atom stereocenters. The molecule has 0 bridgehead atoms. The van der Waals surface area contributed by atoms with Crippen LogP contribution in [0.25, 0.3) is 65.9 Å². The number of ketones is 2. The van der Waals surface area contributed by atoms with E-state index in [1.54, 1.807) is 0 Å². The van der Waals surface area contributed by atoms with E-state index in [-0.39, 0.29) is 38.1 Å². The summed E-state index contributed by atoms with van der Waals surface area (Å²) < 4.78 is 0. The normalized spacial score (nSPS) is 11.2. The zero-order valence-corrected chi connectivity index (χ0v) is 34.0. The Kier molecular flexibility index (Phi) is 12.7. The summed E-state index contributed by atoms with van der Waals surface area (Å²) in [4.78, 5) is 32.7. The van der Waals surface area contributed by atoms with E-state index in [0.29, 0.717) is 0 Å². The predicted molar refractivity (Wildman–Crippen MR) is 221 cm³/mol. The Bertz CT molecular complexity index is 2350. The molecule has 8 aromatic rings. The number of carbonyl (C=O) groups is 2. The molecule has 2 aromatic heterocycles. The second-order valence-electron chi connectivity index (χ2n) is 15.2. The first kappa shape index (κ1) is 39.8. The number of aromatic nitrogens is 2. The molecule has 0 aliphatic rings. The third kappa shape index (κ3) is 9.60. The fourth-order valence-corrected chi connectivity index (χ4v) is 5.80. The van der Waals surface area contributed by atoms with Crippen molar-refractivity contribution < 1.29 is 29.7 Å². The van der Waals surface area contributed by atoms with Gasteiger partial charge in [-0.05, 0) is 32.9 Å². The first-order valence-corrected chi connectivity index (χ1v) is 18.0. The van der Waals surface area contributed by atoms with Gasteiger partial charge >= 0.3 is 0 Å². The minimum absolute atomic E-state index is 0. The number of nitrogens with zero attached hydrogens (tertiary/aromatic N) is 2. The van der Waals surface area contributed by atoms with Gasteiger partial charge in [-0.2, -0.15) is 0 Å². The van der Waals surface area contributed by atoms with Crippen LogP contribution < -0.4 is 0 Å². The number of rotatable bonds is 4. The summed E-state index contributed by atoms with van der Waals surface area (Å²) in [6.45, 7) is 11.0. The predicted octanol–water partition coefficient (Wildman–Crippen LogP) is 12.3. The van der Waals surface area contributed by atoms with Gasteiger partial charge in [0, 0.05) is 41.7 Å². The first-order valence-electron chi connectivity index (χ1n) is 18.0. The number of benzene rings is 6. The molecular weight excluding hydrogens is 841 g/mol. The molecule has 5 heteroatoms. The van der Waals surface area contributed by atoms with Gasteiger partial charge in [0.1, 0.15) is 11.6 Å². The van der Waals surface area contributed by atoms with Crippen molar-refractivity contribution in [1.29, 1.82) is 0 Å². The number of hydrogen-bond acceptors (Lipinski definition) is 4. The Morgan fingerprint density at radius 2 is 0.815 bits per heavy atom. The summed E-state index contributed by atoms with van der Waals surface area (Å²) in [5.74, 6) is 0.0415. The van der Waals surface area contributed by atoms with Gasteiger partial charge in [0.05, 0.1) is 17.5 Å². The summed E-state index contributed by atoms with van der Waals surface area (Å²) in [7, 11) is 0. The molecule has 4 nitrogen and oxygen atoms in total. The maximum absolute atomic E-state index is 11.5. The van der Waals surface area contributed by atoms with Crippen molar-refractivity contribution in [3.63, 3.8) is 0 Å². The molecule has 0 N–H and O–H groups in total. The number of pyridine rings is 2. The Labute approximate surface area is 332 Å². The van der Waals surface area contributed by atoms with Crippen LogP contribution in [0.1, 0.15) is 48.0 Å². The topological polar surface area (TPSA) is 59.9 Å². The van der Waals surface area contributed by atoms with Crippen LogP contribution in [0.2, 0.25) is 0 Å². The first-order chi connectivity index (χ1) is 25.4. The average Bonchev–Trinajstić information content (AvgIpc) is 3.18. The Morgan fingerprint density at radius 1 is 0.463 bits per heavy atom. The molecule has 0 amide bonds. The molecule has 0 spiro atoms. The number of Topliss-reactive ketones (excluding diaryl/α,β-unsaturated/α-hetero) is 2. The van der Waals surface area contributed by atoms with Crippen LogP contribution in [0.4, 0.5) is 0 Å². The molecule has 0 atom stereocenters. The quantitative estimate of drug-likeness (QED) is 0.100. The fourth-order valence-electron chi connectivity index (χ4n) is 5.80. The summed E-state index contributed by atoms with van der Waals surface area (Å²) in [5.41, 5.74) is 5.30. The van der Waals surface area contributed by atoms with E-state index in [9.17, 15) is 9.59 Å². The molecule has 54 heavy (non-hydrogen) atoms. The van der Waals surface area contributed by atoms with Crippen LogP contribution in [0, 0.1) is 23.0 Å². The third-order valence-corrected chi connectivity index (χ3v) is 9.13. The van der Waals surface area contributed by atoms with Crippen LogP contribution in [-0.4, -0.2) is 21.5 Å². The van der Waals surface area contributed by atoms with E-state index in [1.807, 2.05) is 90.1 Å². The SMILES string of the molecule is CC(C)(C)C(=O)CC(=O)C(C)(C)C.[Ir].[c-]1ccccc1-c1ccc2ccc3ccccc3c2n1.[c-]1ccccc1-c1ccc2ccc3ccccc3c2n1. The molecule has 0 aliphatic heterocycles. The van der Waals surface area contributed by atoms with Crippen LogP contribution in [0.3, 0.4) is 0 Å². The zero-order valence-electron chi connectivity index (χ0n) is 31.6. The Hall–Kier alpha value is -5.35. The van der Waals surface area contributed by atoms with Gasteiger partial charge in [-0.1, -0.05) is 139 Å². The van der Waals surface area contributed by atoms with Crippen LogP contribution in [0.15, 0.2) is 146 Å². The van der Waals surface area contributed by atoms with Crippen molar-refractivity contribution >= 4 is 54.9 Å². The van der Waals surface area contributed by atoms with Gasteiger partial charge in [0.15, 0.2) is 0 Å². The van der Waals surface area contributed by atoms with Gasteiger partial charge in [-0.25, -0.2) is 0 Å². The van der Waals surface area contributed by atoms with E-state index >= 15 is 0 Å². The number of hydrogen-bond donors (Lipinski definition) is 0. The van der Waals surface area contributed by atoms with Crippen LogP contribution in [0.5, 0.6) is 0 Å². The molecule has 0 aliphatic carbocycles. The van der Waals surface area contributed by atoms with Gasteiger partial charge in [-0.3, -0.25) is 19.6 Å². The van der Waals surface area contributed by atoms with Crippen LogP contribution >= 0.6 is 0 Å². The minimum Gasteiger partial charge on any atom is -0.299 e. The molecule has 0 saturated heterocycles. The summed E-state index contributed by atoms with van der Waals surface area (Å²) in [6, 6.07) is 56.0. The number of fused-ring (bicyclic) bond motifs is 6. The molecule has 0 fully saturated rings. The van der Waals surface area contributed by atoms with Gasteiger partial charge in [0.25, 0.3) is 0 Å². The monoisotopic (exact) mass is 885 g/mol. The summed E-state index contributed by atoms with van der Waals surface area (Å²) >= 11 is 0. The average molecular weight is 885 g/mol. The van der Waals surface area contributed by atoms with E-state index in [4.69, 9.17) is 9.97 Å². The van der Waals surface area contributed by atoms with Crippen molar-refractivity contribution in [3.8, 4) is 22.5 Å². The molecule has 8 rings (SSSR count). The van der Waals surface area contributed by atoms with Crippen molar-refractivity contribution in [3.05, 3.63) is 158 Å². The third-order valence-electron chi connectivity index (χ3n) is 9.13. The van der Waals surface area contributed by atoms with E-state index in [1.165, 1.54) is 32.3 Å².